The molecule has 8 nitrogen and oxygen atoms in total. The van der Waals surface area contributed by atoms with Crippen LogP contribution < -0.4 is 10.7 Å². The van der Waals surface area contributed by atoms with Gasteiger partial charge in [-0.3, -0.25) is 14.6 Å². The number of hydrogen-bond donors (Lipinski definition) is 2. The van der Waals surface area contributed by atoms with Crippen molar-refractivity contribution >= 4 is 32.5 Å². The van der Waals surface area contributed by atoms with Gasteiger partial charge in [0, 0.05) is 54.7 Å². The van der Waals surface area contributed by atoms with Crippen molar-refractivity contribution in [2.45, 2.75) is 17.7 Å². The molecule has 0 atom stereocenters. The fourth-order valence-electron chi connectivity index (χ4n) is 3.50. The molecule has 1 aliphatic heterocycles. The van der Waals surface area contributed by atoms with Gasteiger partial charge in [0.1, 0.15) is 4.90 Å². The van der Waals surface area contributed by atoms with Crippen molar-refractivity contribution in [3.05, 3.63) is 65.2 Å². The number of aromatic nitrogens is 2. The van der Waals surface area contributed by atoms with Gasteiger partial charge < -0.3 is 10.3 Å². The molecule has 1 fully saturated rings. The molecule has 9 heteroatoms. The van der Waals surface area contributed by atoms with Gasteiger partial charge in [-0.25, -0.2) is 8.42 Å². The first-order valence-corrected chi connectivity index (χ1v) is 10.7. The minimum absolute atomic E-state index is 0.0844. The van der Waals surface area contributed by atoms with Crippen LogP contribution in [0.4, 0.5) is 5.69 Å². The van der Waals surface area contributed by atoms with Gasteiger partial charge in [0.05, 0.1) is 5.52 Å². The van der Waals surface area contributed by atoms with Gasteiger partial charge in [0.25, 0.3) is 0 Å². The van der Waals surface area contributed by atoms with Crippen LogP contribution in [0.3, 0.4) is 0 Å². The number of benzene rings is 1. The van der Waals surface area contributed by atoms with Crippen molar-refractivity contribution in [2.24, 2.45) is 5.92 Å². The summed E-state index contributed by atoms with van der Waals surface area (Å²) in [4.78, 5) is 31.5. The molecule has 0 saturated carbocycles. The Labute approximate surface area is 167 Å². The highest BCUT2D eigenvalue weighted by Crippen LogP contribution is 2.25. The monoisotopic (exact) mass is 412 g/mol. The predicted molar refractivity (Wildman–Crippen MR) is 109 cm³/mol. The number of nitrogens with one attached hydrogen (secondary N) is 2. The lowest BCUT2D eigenvalue weighted by Crippen LogP contribution is -2.41. The molecule has 150 valence electrons. The number of rotatable bonds is 4. The maximum Gasteiger partial charge on any atom is 0.244 e. The lowest BCUT2D eigenvalue weighted by Gasteiger charge is -2.30. The normalized spacial score (nSPS) is 16.0. The molecule has 2 aromatic heterocycles. The second kappa shape index (κ2) is 7.76. The average Bonchev–Trinajstić information content (AvgIpc) is 2.74. The van der Waals surface area contributed by atoms with Crippen molar-refractivity contribution in [2.75, 3.05) is 18.4 Å². The number of amides is 1. The number of hydrogen-bond acceptors (Lipinski definition) is 5. The van der Waals surface area contributed by atoms with E-state index in [2.05, 4.69) is 15.3 Å². The van der Waals surface area contributed by atoms with E-state index in [0.29, 0.717) is 29.4 Å². The fourth-order valence-corrected chi connectivity index (χ4v) is 4.94. The molecule has 1 amide bonds. The van der Waals surface area contributed by atoms with Crippen LogP contribution in [0.1, 0.15) is 12.8 Å². The third-order valence-electron chi connectivity index (χ3n) is 5.12. The first kappa shape index (κ1) is 19.3. The van der Waals surface area contributed by atoms with Crippen LogP contribution >= 0.6 is 0 Å². The number of nitrogens with zero attached hydrogens (tertiary/aromatic N) is 2. The van der Waals surface area contributed by atoms with E-state index < -0.39 is 10.0 Å². The summed E-state index contributed by atoms with van der Waals surface area (Å²) >= 11 is 0. The largest absolute Gasteiger partial charge is 0.361 e. The standard InChI is InChI=1S/C20H20N4O4S/c25-19-5-9-22-18-12-15(3-4-17(18)19)23-20(26)14-6-10-24(11-7-14)29(27,28)16-2-1-8-21-13-16/h1-5,8-9,12-14H,6-7,10-11H2,(H,22,25)(H,23,26). The highest BCUT2D eigenvalue weighted by Gasteiger charge is 2.32. The Morgan fingerprint density at radius 1 is 1.17 bits per heavy atom. The zero-order valence-electron chi connectivity index (χ0n) is 15.5. The van der Waals surface area contributed by atoms with Gasteiger partial charge in [0.15, 0.2) is 5.43 Å². The van der Waals surface area contributed by atoms with E-state index in [1.807, 2.05) is 0 Å². The summed E-state index contributed by atoms with van der Waals surface area (Å²) in [7, 11) is -3.59. The Morgan fingerprint density at radius 3 is 2.69 bits per heavy atom. The van der Waals surface area contributed by atoms with Crippen molar-refractivity contribution in [1.82, 2.24) is 14.3 Å². The van der Waals surface area contributed by atoms with Crippen molar-refractivity contribution in [3.63, 3.8) is 0 Å². The van der Waals surface area contributed by atoms with Gasteiger partial charge in [-0.2, -0.15) is 4.31 Å². The highest BCUT2D eigenvalue weighted by molar-refractivity contribution is 7.89. The molecule has 4 rings (SSSR count). The van der Waals surface area contributed by atoms with Gasteiger partial charge in [0.2, 0.25) is 15.9 Å². The fraction of sp³-hybridized carbons (Fsp3) is 0.250. The van der Waals surface area contributed by atoms with Crippen LogP contribution in [0.25, 0.3) is 10.9 Å². The zero-order chi connectivity index (χ0) is 20.4. The van der Waals surface area contributed by atoms with Gasteiger partial charge in [-0.1, -0.05) is 0 Å². The number of pyridine rings is 2. The summed E-state index contributed by atoms with van der Waals surface area (Å²) in [6.07, 6.45) is 5.30. The molecule has 29 heavy (non-hydrogen) atoms. The van der Waals surface area contributed by atoms with Gasteiger partial charge >= 0.3 is 0 Å². The number of anilines is 1. The summed E-state index contributed by atoms with van der Waals surface area (Å²) in [6, 6.07) is 9.64. The number of H-pyrrole nitrogens is 1. The van der Waals surface area contributed by atoms with E-state index in [4.69, 9.17) is 0 Å². The molecule has 1 aromatic carbocycles. The molecular weight excluding hydrogens is 392 g/mol. The van der Waals surface area contributed by atoms with Crippen LogP contribution in [-0.2, 0) is 14.8 Å². The van der Waals surface area contributed by atoms with Gasteiger partial charge in [-0.05, 0) is 43.2 Å². The maximum atomic E-state index is 12.7. The van der Waals surface area contributed by atoms with Gasteiger partial charge in [-0.15, -0.1) is 0 Å². The van der Waals surface area contributed by atoms with Crippen LogP contribution in [0, 0.1) is 5.92 Å². The van der Waals surface area contributed by atoms with E-state index in [1.54, 1.807) is 30.5 Å². The van der Waals surface area contributed by atoms with E-state index in [-0.39, 0.29) is 35.2 Å². The molecule has 3 heterocycles. The van der Waals surface area contributed by atoms with Crippen LogP contribution in [-0.4, -0.2) is 41.7 Å². The first-order valence-electron chi connectivity index (χ1n) is 9.28. The third-order valence-corrected chi connectivity index (χ3v) is 7.01. The topological polar surface area (TPSA) is 112 Å². The van der Waals surface area contributed by atoms with E-state index in [0.717, 1.165) is 0 Å². The van der Waals surface area contributed by atoms with Crippen molar-refractivity contribution in [3.8, 4) is 0 Å². The lowest BCUT2D eigenvalue weighted by molar-refractivity contribution is -0.120. The number of aromatic amines is 1. The van der Waals surface area contributed by atoms with E-state index >= 15 is 0 Å². The quantitative estimate of drug-likeness (QED) is 0.680. The Balaban J connectivity index is 1.41. The number of sulfonamides is 1. The zero-order valence-corrected chi connectivity index (χ0v) is 16.4. The summed E-state index contributed by atoms with van der Waals surface area (Å²) in [5.41, 5.74) is 1.15. The third kappa shape index (κ3) is 3.92. The Bertz CT molecular complexity index is 1200. The Morgan fingerprint density at radius 2 is 1.97 bits per heavy atom. The molecular formula is C20H20N4O4S. The smallest absolute Gasteiger partial charge is 0.244 e. The minimum atomic E-state index is -3.59. The van der Waals surface area contributed by atoms with Crippen LogP contribution in [0.2, 0.25) is 0 Å². The number of fused-ring (bicyclic) bond motifs is 1. The highest BCUT2D eigenvalue weighted by atomic mass is 32.2. The van der Waals surface area contributed by atoms with Crippen LogP contribution in [0.5, 0.6) is 0 Å². The maximum absolute atomic E-state index is 12.7. The molecule has 3 aromatic rings. The Kier molecular flexibility index (Phi) is 5.16. The summed E-state index contributed by atoms with van der Waals surface area (Å²) in [5.74, 6) is -0.429. The second-order valence-corrected chi connectivity index (χ2v) is 8.90. The lowest BCUT2D eigenvalue weighted by atomic mass is 9.97. The van der Waals surface area contributed by atoms with Crippen LogP contribution in [0.15, 0.2) is 64.7 Å². The predicted octanol–water partition coefficient (Wildman–Crippen LogP) is 1.96. The van der Waals surface area contributed by atoms with E-state index in [1.165, 1.54) is 28.8 Å². The molecule has 0 aliphatic carbocycles. The Hall–Kier alpha value is -3.04. The van der Waals surface area contributed by atoms with Crippen molar-refractivity contribution in [1.29, 1.82) is 0 Å². The molecule has 0 bridgehead atoms. The first-order chi connectivity index (χ1) is 13.9. The molecule has 1 aliphatic rings. The van der Waals surface area contributed by atoms with Crippen molar-refractivity contribution < 1.29 is 13.2 Å². The molecule has 0 spiro atoms. The summed E-state index contributed by atoms with van der Waals surface area (Å²) in [6.45, 7) is 0.556. The number of carbonyl (C=O) groups excluding carboxylic acids is 1. The second-order valence-electron chi connectivity index (χ2n) is 6.96. The molecule has 0 radical (unpaired) electrons. The number of carbonyl (C=O) groups is 1. The number of piperidine rings is 1. The average molecular weight is 412 g/mol. The summed E-state index contributed by atoms with van der Waals surface area (Å²) in [5, 5.41) is 3.42. The molecule has 0 unspecified atom stereocenters. The SMILES string of the molecule is O=C(Nc1ccc2c(=O)cc[nH]c2c1)C1CCN(S(=O)(=O)c2cccnc2)CC1. The summed E-state index contributed by atoms with van der Waals surface area (Å²) < 4.78 is 26.7. The molecule has 1 saturated heterocycles. The molecule has 2 N–H and O–H groups in total. The minimum Gasteiger partial charge on any atom is -0.361 e. The van der Waals surface area contributed by atoms with E-state index in [9.17, 15) is 18.0 Å².